The van der Waals surface area contributed by atoms with Gasteiger partial charge in [0.1, 0.15) is 0 Å². The number of carbonyl (C=O) groups is 2. The lowest BCUT2D eigenvalue weighted by atomic mass is 10.0. The Balaban J connectivity index is 2.73. The van der Waals surface area contributed by atoms with E-state index in [0.717, 1.165) is 12.8 Å². The monoisotopic (exact) mass is 210 g/mol. The maximum atomic E-state index is 11.0. The summed E-state index contributed by atoms with van der Waals surface area (Å²) in [6.45, 7) is 0. The summed E-state index contributed by atoms with van der Waals surface area (Å²) in [6.07, 6.45) is 7.19. The molecule has 5 heteroatoms. The van der Waals surface area contributed by atoms with Gasteiger partial charge in [0.2, 0.25) is 0 Å². The molecule has 0 aliphatic heterocycles. The van der Waals surface area contributed by atoms with E-state index in [-0.39, 0.29) is 0 Å². The molecule has 1 atom stereocenters. The number of nitrogens with one attached hydrogen (secondary N) is 2. The lowest BCUT2D eigenvalue weighted by molar-refractivity contribution is -0.138. The summed E-state index contributed by atoms with van der Waals surface area (Å²) in [5.41, 5.74) is 0.623. The van der Waals surface area contributed by atoms with Gasteiger partial charge in [0.05, 0.1) is 0 Å². The fraction of sp³-hybridized carbons (Fsp3) is 0.400. The van der Waals surface area contributed by atoms with E-state index < -0.39 is 18.0 Å². The number of amides is 2. The van der Waals surface area contributed by atoms with Gasteiger partial charge >= 0.3 is 12.0 Å². The molecule has 0 radical (unpaired) electrons. The first-order valence-electron chi connectivity index (χ1n) is 4.73. The Morgan fingerprint density at radius 3 is 2.67 bits per heavy atom. The molecular weight excluding hydrogens is 196 g/mol. The lowest BCUT2D eigenvalue weighted by Gasteiger charge is -2.17. The molecule has 0 saturated heterocycles. The molecule has 1 rings (SSSR count). The van der Waals surface area contributed by atoms with Gasteiger partial charge in [-0.1, -0.05) is 18.2 Å². The van der Waals surface area contributed by atoms with Crippen LogP contribution in [0.1, 0.15) is 12.8 Å². The molecule has 1 aliphatic rings. The van der Waals surface area contributed by atoms with E-state index in [0.29, 0.717) is 5.57 Å². The molecule has 82 valence electrons. The summed E-state index contributed by atoms with van der Waals surface area (Å²) in [6, 6.07) is -1.47. The van der Waals surface area contributed by atoms with Crippen molar-refractivity contribution in [2.24, 2.45) is 0 Å². The number of allylic oxidation sites excluding steroid dienone is 2. The summed E-state index contributed by atoms with van der Waals surface area (Å²) in [5.74, 6) is -1.06. The molecule has 1 aliphatic carbocycles. The van der Waals surface area contributed by atoms with Crippen LogP contribution < -0.4 is 10.6 Å². The number of carbonyl (C=O) groups excluding carboxylic acids is 1. The van der Waals surface area contributed by atoms with E-state index in [1.165, 1.54) is 7.05 Å². The zero-order valence-electron chi connectivity index (χ0n) is 8.49. The summed E-state index contributed by atoms with van der Waals surface area (Å²) in [4.78, 5) is 22.0. The maximum absolute atomic E-state index is 11.0. The van der Waals surface area contributed by atoms with Gasteiger partial charge in [-0.05, 0) is 18.4 Å². The zero-order valence-corrected chi connectivity index (χ0v) is 8.49. The van der Waals surface area contributed by atoms with E-state index >= 15 is 0 Å². The van der Waals surface area contributed by atoms with Crippen LogP contribution in [0.4, 0.5) is 4.79 Å². The average molecular weight is 210 g/mol. The van der Waals surface area contributed by atoms with E-state index in [9.17, 15) is 9.59 Å². The molecule has 0 fully saturated rings. The zero-order chi connectivity index (χ0) is 11.3. The molecular formula is C10H14N2O3. The SMILES string of the molecule is CNC(=O)N[C@@H](C(=O)O)C1=CCCC=C1. The molecule has 0 unspecified atom stereocenters. The van der Waals surface area contributed by atoms with Crippen LogP contribution in [-0.4, -0.2) is 30.2 Å². The Kier molecular flexibility index (Phi) is 3.91. The number of hydrogen-bond donors (Lipinski definition) is 3. The smallest absolute Gasteiger partial charge is 0.330 e. The van der Waals surface area contributed by atoms with Crippen molar-refractivity contribution in [3.8, 4) is 0 Å². The van der Waals surface area contributed by atoms with Crippen molar-refractivity contribution >= 4 is 12.0 Å². The molecule has 2 amide bonds. The van der Waals surface area contributed by atoms with Crippen LogP contribution in [0.3, 0.4) is 0 Å². The topological polar surface area (TPSA) is 78.4 Å². The molecule has 5 nitrogen and oxygen atoms in total. The molecule has 0 aromatic heterocycles. The van der Waals surface area contributed by atoms with Gasteiger partial charge in [0.25, 0.3) is 0 Å². The van der Waals surface area contributed by atoms with Crippen LogP contribution in [0.5, 0.6) is 0 Å². The van der Waals surface area contributed by atoms with Gasteiger partial charge in [0.15, 0.2) is 6.04 Å². The maximum Gasteiger partial charge on any atom is 0.330 e. The number of rotatable bonds is 3. The van der Waals surface area contributed by atoms with E-state index in [2.05, 4.69) is 10.6 Å². The summed E-state index contributed by atoms with van der Waals surface area (Å²) in [5, 5.41) is 13.6. The van der Waals surface area contributed by atoms with Crippen LogP contribution in [0.15, 0.2) is 23.8 Å². The average Bonchev–Trinajstić information content (AvgIpc) is 2.26. The summed E-state index contributed by atoms with van der Waals surface area (Å²) in [7, 11) is 1.44. The lowest BCUT2D eigenvalue weighted by Crippen LogP contribution is -2.45. The normalized spacial score (nSPS) is 16.5. The second kappa shape index (κ2) is 5.19. The first kappa shape index (κ1) is 11.3. The third kappa shape index (κ3) is 3.12. The van der Waals surface area contributed by atoms with Gasteiger partial charge < -0.3 is 15.7 Å². The molecule has 0 aromatic carbocycles. The van der Waals surface area contributed by atoms with Crippen LogP contribution in [0.25, 0.3) is 0 Å². The van der Waals surface area contributed by atoms with Crippen molar-refractivity contribution < 1.29 is 14.7 Å². The highest BCUT2D eigenvalue weighted by Crippen LogP contribution is 2.13. The molecule has 0 bridgehead atoms. The Bertz CT molecular complexity index is 321. The number of carboxylic acid groups (broad SMARTS) is 1. The largest absolute Gasteiger partial charge is 0.479 e. The minimum Gasteiger partial charge on any atom is -0.479 e. The fourth-order valence-electron chi connectivity index (χ4n) is 1.34. The molecule has 0 spiro atoms. The Morgan fingerprint density at radius 2 is 2.20 bits per heavy atom. The quantitative estimate of drug-likeness (QED) is 0.639. The van der Waals surface area contributed by atoms with Gasteiger partial charge in [-0.15, -0.1) is 0 Å². The van der Waals surface area contributed by atoms with Gasteiger partial charge in [-0.2, -0.15) is 0 Å². The number of aliphatic carboxylic acids is 1. The van der Waals surface area contributed by atoms with Crippen LogP contribution in [-0.2, 0) is 4.79 Å². The van der Waals surface area contributed by atoms with Crippen molar-refractivity contribution in [3.05, 3.63) is 23.8 Å². The number of carboxylic acids is 1. The number of urea groups is 1. The van der Waals surface area contributed by atoms with Crippen molar-refractivity contribution in [2.75, 3.05) is 7.05 Å². The fourth-order valence-corrected chi connectivity index (χ4v) is 1.34. The van der Waals surface area contributed by atoms with Gasteiger partial charge in [-0.3, -0.25) is 0 Å². The second-order valence-electron chi connectivity index (χ2n) is 3.18. The predicted octanol–water partition coefficient (Wildman–Crippen LogP) is 0.645. The van der Waals surface area contributed by atoms with E-state index in [4.69, 9.17) is 5.11 Å². The van der Waals surface area contributed by atoms with E-state index in [1.54, 1.807) is 6.08 Å². The standard InChI is InChI=1S/C10H14N2O3/c1-11-10(15)12-8(9(13)14)7-5-3-2-4-6-7/h3,5-6,8H,2,4H2,1H3,(H,13,14)(H2,11,12,15)/t8-/m1/s1. The van der Waals surface area contributed by atoms with Crippen molar-refractivity contribution in [3.63, 3.8) is 0 Å². The third-order valence-corrected chi connectivity index (χ3v) is 2.11. The molecule has 3 N–H and O–H groups in total. The van der Waals surface area contributed by atoms with E-state index in [1.807, 2.05) is 12.2 Å². The van der Waals surface area contributed by atoms with Crippen molar-refractivity contribution in [1.29, 1.82) is 0 Å². The minimum atomic E-state index is -1.06. The van der Waals surface area contributed by atoms with Crippen LogP contribution in [0, 0.1) is 0 Å². The highest BCUT2D eigenvalue weighted by molar-refractivity contribution is 5.85. The Hall–Kier alpha value is -1.78. The number of hydrogen-bond acceptors (Lipinski definition) is 2. The summed E-state index contributed by atoms with van der Waals surface area (Å²) < 4.78 is 0. The van der Waals surface area contributed by atoms with Crippen molar-refractivity contribution in [1.82, 2.24) is 10.6 Å². The minimum absolute atomic E-state index is 0.498. The molecule has 0 saturated carbocycles. The molecule has 0 heterocycles. The Labute approximate surface area is 87.9 Å². The van der Waals surface area contributed by atoms with Crippen molar-refractivity contribution in [2.45, 2.75) is 18.9 Å². The third-order valence-electron chi connectivity index (χ3n) is 2.11. The molecule has 0 aromatic rings. The second-order valence-corrected chi connectivity index (χ2v) is 3.18. The van der Waals surface area contributed by atoms with Crippen LogP contribution >= 0.6 is 0 Å². The van der Waals surface area contributed by atoms with Gasteiger partial charge in [-0.25, -0.2) is 9.59 Å². The Morgan fingerprint density at radius 1 is 1.47 bits per heavy atom. The first-order valence-corrected chi connectivity index (χ1v) is 4.73. The highest BCUT2D eigenvalue weighted by Gasteiger charge is 2.22. The first-order chi connectivity index (χ1) is 7.15. The van der Waals surface area contributed by atoms with Gasteiger partial charge in [0, 0.05) is 7.05 Å². The summed E-state index contributed by atoms with van der Waals surface area (Å²) >= 11 is 0. The highest BCUT2D eigenvalue weighted by atomic mass is 16.4. The predicted molar refractivity (Wildman–Crippen MR) is 55.5 cm³/mol. The van der Waals surface area contributed by atoms with Crippen LogP contribution in [0.2, 0.25) is 0 Å². The molecule has 15 heavy (non-hydrogen) atoms.